The number of nitrogens with one attached hydrogen (secondary N) is 1. The maximum absolute atomic E-state index is 11.8. The first-order chi connectivity index (χ1) is 9.21. The first-order valence-corrected chi connectivity index (χ1v) is 7.72. The average Bonchev–Trinajstić information content (AvgIpc) is 2.44. The average molecular weight is 271 g/mol. The van der Waals surface area contributed by atoms with Gasteiger partial charge in [0.15, 0.2) is 0 Å². The van der Waals surface area contributed by atoms with Crippen molar-refractivity contribution in [3.63, 3.8) is 0 Å². The lowest BCUT2D eigenvalue weighted by Gasteiger charge is -2.29. The summed E-state index contributed by atoms with van der Waals surface area (Å²) in [5.41, 5.74) is 0. The van der Waals surface area contributed by atoms with Gasteiger partial charge < -0.3 is 15.2 Å². The summed E-state index contributed by atoms with van der Waals surface area (Å²) in [4.78, 5) is 11.8. The number of aliphatic hydroxyl groups is 1. The first-order valence-electron chi connectivity index (χ1n) is 7.72. The minimum atomic E-state index is -0.0311. The van der Waals surface area contributed by atoms with Crippen LogP contribution in [-0.4, -0.2) is 36.9 Å². The molecule has 3 atom stereocenters. The van der Waals surface area contributed by atoms with Crippen LogP contribution in [0.15, 0.2) is 0 Å². The molecule has 0 saturated heterocycles. The molecular formula is C15H29NO3. The molecule has 4 heteroatoms. The van der Waals surface area contributed by atoms with Crippen LogP contribution in [0.4, 0.5) is 0 Å². The van der Waals surface area contributed by atoms with E-state index in [0.717, 1.165) is 45.1 Å². The van der Waals surface area contributed by atoms with Crippen molar-refractivity contribution in [2.24, 2.45) is 11.8 Å². The number of hydrogen-bond acceptors (Lipinski definition) is 4. The van der Waals surface area contributed by atoms with Gasteiger partial charge in [0.2, 0.25) is 0 Å². The number of carbonyl (C=O) groups excluding carboxylic acids is 1. The van der Waals surface area contributed by atoms with Gasteiger partial charge in [0, 0.05) is 12.6 Å². The maximum atomic E-state index is 11.8. The quantitative estimate of drug-likeness (QED) is 0.664. The predicted octanol–water partition coefficient (Wildman–Crippen LogP) is 2.11. The molecule has 1 aliphatic rings. The van der Waals surface area contributed by atoms with E-state index in [1.807, 2.05) is 6.92 Å². The third kappa shape index (κ3) is 5.91. The molecule has 0 amide bonds. The molecule has 0 aromatic carbocycles. The Hall–Kier alpha value is -0.610. The van der Waals surface area contributed by atoms with Gasteiger partial charge >= 0.3 is 5.97 Å². The van der Waals surface area contributed by atoms with Crippen molar-refractivity contribution in [2.75, 3.05) is 19.8 Å². The zero-order chi connectivity index (χ0) is 14.1. The summed E-state index contributed by atoms with van der Waals surface area (Å²) >= 11 is 0. The van der Waals surface area contributed by atoms with E-state index in [4.69, 9.17) is 9.84 Å². The molecule has 0 bridgehead atoms. The highest BCUT2D eigenvalue weighted by Gasteiger charge is 2.28. The summed E-state index contributed by atoms with van der Waals surface area (Å²) in [5.74, 6) is 0.577. The van der Waals surface area contributed by atoms with Gasteiger partial charge in [-0.3, -0.25) is 4.79 Å². The molecule has 0 aromatic rings. The molecule has 0 heterocycles. The van der Waals surface area contributed by atoms with Crippen molar-refractivity contribution in [1.82, 2.24) is 5.32 Å². The van der Waals surface area contributed by atoms with Crippen molar-refractivity contribution < 1.29 is 14.6 Å². The van der Waals surface area contributed by atoms with Gasteiger partial charge in [-0.25, -0.2) is 0 Å². The van der Waals surface area contributed by atoms with Gasteiger partial charge in [0.1, 0.15) is 0 Å². The minimum absolute atomic E-state index is 0.0311. The largest absolute Gasteiger partial charge is 0.466 e. The Balaban J connectivity index is 2.32. The number of ether oxygens (including phenoxy) is 1. The smallest absolute Gasteiger partial charge is 0.308 e. The molecule has 0 spiro atoms. The number of hydrogen-bond donors (Lipinski definition) is 2. The molecule has 0 aromatic heterocycles. The van der Waals surface area contributed by atoms with Crippen molar-refractivity contribution in [1.29, 1.82) is 0 Å². The van der Waals surface area contributed by atoms with E-state index in [9.17, 15) is 4.79 Å². The normalized spacial score (nSPS) is 25.0. The molecule has 4 nitrogen and oxygen atoms in total. The van der Waals surface area contributed by atoms with Crippen LogP contribution in [0.25, 0.3) is 0 Å². The van der Waals surface area contributed by atoms with Gasteiger partial charge in [-0.1, -0.05) is 19.8 Å². The van der Waals surface area contributed by atoms with Gasteiger partial charge in [0.05, 0.1) is 12.5 Å². The lowest BCUT2D eigenvalue weighted by atomic mass is 9.85. The van der Waals surface area contributed by atoms with Gasteiger partial charge in [-0.2, -0.15) is 0 Å². The van der Waals surface area contributed by atoms with Crippen LogP contribution in [0.2, 0.25) is 0 Å². The van der Waals surface area contributed by atoms with Gasteiger partial charge in [-0.15, -0.1) is 0 Å². The fraction of sp³-hybridized carbons (Fsp3) is 0.933. The third-order valence-electron chi connectivity index (χ3n) is 4.10. The number of rotatable bonds is 8. The summed E-state index contributed by atoms with van der Waals surface area (Å²) in [6, 6.07) is 0.427. The fourth-order valence-electron chi connectivity index (χ4n) is 2.82. The van der Waals surface area contributed by atoms with E-state index in [1.54, 1.807) is 0 Å². The monoisotopic (exact) mass is 271 g/mol. The van der Waals surface area contributed by atoms with Gasteiger partial charge in [-0.05, 0) is 45.1 Å². The molecular weight excluding hydrogens is 242 g/mol. The highest BCUT2D eigenvalue weighted by molar-refractivity contribution is 5.72. The topological polar surface area (TPSA) is 58.6 Å². The summed E-state index contributed by atoms with van der Waals surface area (Å²) in [6.07, 6.45) is 6.04. The van der Waals surface area contributed by atoms with E-state index >= 15 is 0 Å². The molecule has 0 radical (unpaired) electrons. The summed E-state index contributed by atoms with van der Waals surface area (Å²) < 4.78 is 5.12. The Morgan fingerprint density at radius 2 is 2.21 bits per heavy atom. The summed E-state index contributed by atoms with van der Waals surface area (Å²) in [6.45, 7) is 5.69. The number of carbonyl (C=O) groups is 1. The van der Waals surface area contributed by atoms with E-state index in [-0.39, 0.29) is 18.5 Å². The standard InChI is InChI=1S/C15H29NO3/c1-3-12(8-9-17)11-16-14-7-5-6-13(10-14)15(18)19-4-2/h12-14,16-17H,3-11H2,1-2H3. The maximum Gasteiger partial charge on any atom is 0.308 e. The Morgan fingerprint density at radius 3 is 2.84 bits per heavy atom. The Bertz CT molecular complexity index is 258. The Kier molecular flexibility index (Phi) is 8.07. The Morgan fingerprint density at radius 1 is 1.42 bits per heavy atom. The van der Waals surface area contributed by atoms with Crippen LogP contribution in [0.1, 0.15) is 52.4 Å². The third-order valence-corrected chi connectivity index (χ3v) is 4.10. The van der Waals surface area contributed by atoms with Crippen molar-refractivity contribution in [3.05, 3.63) is 0 Å². The molecule has 3 unspecified atom stereocenters. The minimum Gasteiger partial charge on any atom is -0.466 e. The van der Waals surface area contributed by atoms with E-state index in [0.29, 0.717) is 18.6 Å². The molecule has 19 heavy (non-hydrogen) atoms. The lowest BCUT2D eigenvalue weighted by molar-refractivity contribution is -0.149. The highest BCUT2D eigenvalue weighted by atomic mass is 16.5. The molecule has 1 aliphatic carbocycles. The van der Waals surface area contributed by atoms with Crippen molar-refractivity contribution >= 4 is 5.97 Å². The fourth-order valence-corrected chi connectivity index (χ4v) is 2.82. The summed E-state index contributed by atoms with van der Waals surface area (Å²) in [7, 11) is 0. The van der Waals surface area contributed by atoms with Crippen LogP contribution in [0.5, 0.6) is 0 Å². The molecule has 1 saturated carbocycles. The van der Waals surface area contributed by atoms with E-state index in [2.05, 4.69) is 12.2 Å². The second-order valence-electron chi connectivity index (χ2n) is 5.51. The zero-order valence-corrected chi connectivity index (χ0v) is 12.4. The van der Waals surface area contributed by atoms with Crippen molar-refractivity contribution in [2.45, 2.75) is 58.4 Å². The molecule has 112 valence electrons. The van der Waals surface area contributed by atoms with Crippen LogP contribution in [0.3, 0.4) is 0 Å². The lowest BCUT2D eigenvalue weighted by Crippen LogP contribution is -2.39. The van der Waals surface area contributed by atoms with Gasteiger partial charge in [0.25, 0.3) is 0 Å². The SMILES string of the molecule is CCOC(=O)C1CCCC(NCC(CC)CCO)C1. The molecule has 1 rings (SSSR count). The molecule has 1 fully saturated rings. The number of esters is 1. The van der Waals surface area contributed by atoms with E-state index < -0.39 is 0 Å². The van der Waals surface area contributed by atoms with Crippen LogP contribution >= 0.6 is 0 Å². The van der Waals surface area contributed by atoms with Crippen LogP contribution < -0.4 is 5.32 Å². The second kappa shape index (κ2) is 9.32. The predicted molar refractivity (Wildman–Crippen MR) is 75.9 cm³/mol. The zero-order valence-electron chi connectivity index (χ0n) is 12.4. The molecule has 2 N–H and O–H groups in total. The van der Waals surface area contributed by atoms with Crippen LogP contribution in [-0.2, 0) is 9.53 Å². The Labute approximate surface area is 116 Å². The highest BCUT2D eigenvalue weighted by Crippen LogP contribution is 2.25. The summed E-state index contributed by atoms with van der Waals surface area (Å²) in [5, 5.41) is 12.6. The number of aliphatic hydroxyl groups excluding tert-OH is 1. The van der Waals surface area contributed by atoms with E-state index in [1.165, 1.54) is 0 Å². The van der Waals surface area contributed by atoms with Crippen LogP contribution in [0, 0.1) is 11.8 Å². The van der Waals surface area contributed by atoms with Crippen molar-refractivity contribution in [3.8, 4) is 0 Å². The second-order valence-corrected chi connectivity index (χ2v) is 5.51. The molecule has 0 aliphatic heterocycles. The first kappa shape index (κ1) is 16.4.